The zero-order chi connectivity index (χ0) is 18.9. The first-order chi connectivity index (χ1) is 13.2. The summed E-state index contributed by atoms with van der Waals surface area (Å²) in [6, 6.07) is 27.0. The molecule has 0 radical (unpaired) electrons. The van der Waals surface area contributed by atoms with Crippen LogP contribution in [0.5, 0.6) is 5.75 Å². The highest BCUT2D eigenvalue weighted by Crippen LogP contribution is 2.13. The number of nitrogens with one attached hydrogen (secondary N) is 1. The zero-order valence-corrected chi connectivity index (χ0v) is 15.2. The molecule has 0 aliphatic heterocycles. The second kappa shape index (κ2) is 9.34. The minimum Gasteiger partial charge on any atom is -0.489 e. The van der Waals surface area contributed by atoms with Crippen LogP contribution < -0.4 is 10.2 Å². The van der Waals surface area contributed by atoms with Crippen molar-refractivity contribution in [2.75, 3.05) is 0 Å². The van der Waals surface area contributed by atoms with Crippen molar-refractivity contribution in [3.63, 3.8) is 0 Å². The standard InChI is InChI=1S/C23H22N2O2/c1-18(20-8-4-2-5-9-20)16-24-25-23(26)21-14-12-19(13-15-21)17-27-22-10-6-3-7-11-22/h2-16,18H,17H2,1H3,(H,25,26)/b24-16-/t18-/m0/s1. The molecule has 4 heteroatoms. The van der Waals surface area contributed by atoms with Crippen LogP contribution in [0.3, 0.4) is 0 Å². The third-order valence-electron chi connectivity index (χ3n) is 4.15. The van der Waals surface area contributed by atoms with Gasteiger partial charge in [-0.25, -0.2) is 5.43 Å². The van der Waals surface area contributed by atoms with Crippen molar-refractivity contribution in [2.24, 2.45) is 5.10 Å². The Hall–Kier alpha value is -3.40. The van der Waals surface area contributed by atoms with E-state index < -0.39 is 0 Å². The van der Waals surface area contributed by atoms with Crippen molar-refractivity contribution in [1.82, 2.24) is 5.43 Å². The van der Waals surface area contributed by atoms with Crippen LogP contribution in [0.25, 0.3) is 0 Å². The van der Waals surface area contributed by atoms with E-state index in [4.69, 9.17) is 4.74 Å². The Bertz CT molecular complexity index is 875. The Kier molecular flexibility index (Phi) is 6.36. The summed E-state index contributed by atoms with van der Waals surface area (Å²) in [6.07, 6.45) is 1.73. The molecule has 1 N–H and O–H groups in total. The number of benzene rings is 3. The Balaban J connectivity index is 1.50. The van der Waals surface area contributed by atoms with Gasteiger partial charge in [0.25, 0.3) is 5.91 Å². The Labute approximate surface area is 159 Å². The van der Waals surface area contributed by atoms with Crippen LogP contribution in [-0.2, 0) is 6.61 Å². The quantitative estimate of drug-likeness (QED) is 0.488. The van der Waals surface area contributed by atoms with Crippen molar-refractivity contribution in [3.8, 4) is 5.75 Å². The molecule has 27 heavy (non-hydrogen) atoms. The van der Waals surface area contributed by atoms with Gasteiger partial charge in [0.1, 0.15) is 12.4 Å². The number of ether oxygens (including phenoxy) is 1. The van der Waals surface area contributed by atoms with Crippen molar-refractivity contribution < 1.29 is 9.53 Å². The number of carbonyl (C=O) groups is 1. The summed E-state index contributed by atoms with van der Waals surface area (Å²) >= 11 is 0. The average molecular weight is 358 g/mol. The number of hydrazone groups is 1. The molecule has 136 valence electrons. The first kappa shape index (κ1) is 18.4. The van der Waals surface area contributed by atoms with Crippen LogP contribution in [0.4, 0.5) is 0 Å². The van der Waals surface area contributed by atoms with Crippen LogP contribution in [0.2, 0.25) is 0 Å². The summed E-state index contributed by atoms with van der Waals surface area (Å²) in [5.41, 5.74) is 5.28. The maximum atomic E-state index is 12.2. The number of nitrogens with zero attached hydrogens (tertiary/aromatic N) is 1. The molecule has 0 saturated heterocycles. The maximum absolute atomic E-state index is 12.2. The summed E-state index contributed by atoms with van der Waals surface area (Å²) in [5, 5.41) is 4.07. The molecule has 0 aliphatic rings. The second-order valence-corrected chi connectivity index (χ2v) is 6.22. The molecule has 0 spiro atoms. The number of para-hydroxylation sites is 1. The van der Waals surface area contributed by atoms with Crippen molar-refractivity contribution >= 4 is 12.1 Å². The van der Waals surface area contributed by atoms with Crippen molar-refractivity contribution in [3.05, 3.63) is 102 Å². The monoisotopic (exact) mass is 358 g/mol. The lowest BCUT2D eigenvalue weighted by Gasteiger charge is -2.07. The molecule has 3 aromatic carbocycles. The van der Waals surface area contributed by atoms with Crippen LogP contribution in [0.1, 0.15) is 34.3 Å². The lowest BCUT2D eigenvalue weighted by atomic mass is 10.0. The predicted octanol–water partition coefficient (Wildman–Crippen LogP) is 4.78. The Morgan fingerprint density at radius 3 is 2.26 bits per heavy atom. The van der Waals surface area contributed by atoms with Crippen LogP contribution >= 0.6 is 0 Å². The largest absolute Gasteiger partial charge is 0.489 e. The van der Waals surface area contributed by atoms with Gasteiger partial charge < -0.3 is 4.74 Å². The second-order valence-electron chi connectivity index (χ2n) is 6.22. The van der Waals surface area contributed by atoms with Gasteiger partial charge in [-0.2, -0.15) is 5.10 Å². The van der Waals surface area contributed by atoms with Crippen LogP contribution in [0, 0.1) is 0 Å². The summed E-state index contributed by atoms with van der Waals surface area (Å²) in [5.74, 6) is 0.715. The topological polar surface area (TPSA) is 50.7 Å². The summed E-state index contributed by atoms with van der Waals surface area (Å²) < 4.78 is 5.70. The molecule has 4 nitrogen and oxygen atoms in total. The van der Waals surface area contributed by atoms with Gasteiger partial charge in [-0.15, -0.1) is 0 Å². The smallest absolute Gasteiger partial charge is 0.271 e. The summed E-state index contributed by atoms with van der Waals surface area (Å²) in [6.45, 7) is 2.49. The summed E-state index contributed by atoms with van der Waals surface area (Å²) in [4.78, 5) is 12.2. The number of hydrogen-bond acceptors (Lipinski definition) is 3. The van der Waals surface area contributed by atoms with E-state index in [0.717, 1.165) is 16.9 Å². The van der Waals surface area contributed by atoms with Gasteiger partial charge in [0.15, 0.2) is 0 Å². The maximum Gasteiger partial charge on any atom is 0.271 e. The molecule has 0 saturated carbocycles. The first-order valence-electron chi connectivity index (χ1n) is 8.87. The molecule has 1 amide bonds. The van der Waals surface area contributed by atoms with Gasteiger partial charge >= 0.3 is 0 Å². The van der Waals surface area contributed by atoms with Gasteiger partial charge in [0, 0.05) is 17.7 Å². The molecule has 0 unspecified atom stereocenters. The number of rotatable bonds is 7. The highest BCUT2D eigenvalue weighted by Gasteiger charge is 2.05. The molecule has 0 bridgehead atoms. The SMILES string of the molecule is C[C@@H](/C=N\NC(=O)c1ccc(COc2ccccc2)cc1)c1ccccc1. The number of amides is 1. The molecule has 0 fully saturated rings. The molecule has 0 aromatic heterocycles. The molecule has 0 aliphatic carbocycles. The van der Waals surface area contributed by atoms with E-state index in [1.54, 1.807) is 18.3 Å². The van der Waals surface area contributed by atoms with Gasteiger partial charge in [0.05, 0.1) is 0 Å². The van der Waals surface area contributed by atoms with Gasteiger partial charge in [0.2, 0.25) is 0 Å². The predicted molar refractivity (Wildman–Crippen MR) is 108 cm³/mol. The van der Waals surface area contributed by atoms with Gasteiger partial charge in [-0.1, -0.05) is 67.6 Å². The van der Waals surface area contributed by atoms with E-state index in [0.29, 0.717) is 12.2 Å². The molecule has 3 rings (SSSR count). The molecule has 3 aromatic rings. The highest BCUT2D eigenvalue weighted by molar-refractivity contribution is 5.94. The fourth-order valence-electron chi connectivity index (χ4n) is 2.55. The highest BCUT2D eigenvalue weighted by atomic mass is 16.5. The van der Waals surface area contributed by atoms with E-state index in [2.05, 4.69) is 10.5 Å². The van der Waals surface area contributed by atoms with E-state index in [9.17, 15) is 4.79 Å². The van der Waals surface area contributed by atoms with Crippen molar-refractivity contribution in [1.29, 1.82) is 0 Å². The number of carbonyl (C=O) groups excluding carboxylic acids is 1. The lowest BCUT2D eigenvalue weighted by molar-refractivity contribution is 0.0955. The third-order valence-corrected chi connectivity index (χ3v) is 4.15. The molecule has 0 heterocycles. The lowest BCUT2D eigenvalue weighted by Crippen LogP contribution is -2.18. The third kappa shape index (κ3) is 5.54. The van der Waals surface area contributed by atoms with Crippen LogP contribution in [-0.4, -0.2) is 12.1 Å². The minimum absolute atomic E-state index is 0.129. The van der Waals surface area contributed by atoms with Gasteiger partial charge in [-0.3, -0.25) is 4.79 Å². The Morgan fingerprint density at radius 1 is 0.963 bits per heavy atom. The van der Waals surface area contributed by atoms with E-state index in [-0.39, 0.29) is 11.8 Å². The van der Waals surface area contributed by atoms with E-state index in [1.807, 2.05) is 79.7 Å². The molecule has 1 atom stereocenters. The van der Waals surface area contributed by atoms with Gasteiger partial charge in [-0.05, 0) is 35.4 Å². The normalized spacial score (nSPS) is 11.9. The fourth-order valence-corrected chi connectivity index (χ4v) is 2.55. The Morgan fingerprint density at radius 2 is 1.59 bits per heavy atom. The van der Waals surface area contributed by atoms with Crippen molar-refractivity contribution in [2.45, 2.75) is 19.4 Å². The zero-order valence-electron chi connectivity index (χ0n) is 15.2. The van der Waals surface area contributed by atoms with E-state index in [1.165, 1.54) is 0 Å². The number of hydrogen-bond donors (Lipinski definition) is 1. The average Bonchev–Trinajstić information content (AvgIpc) is 2.74. The summed E-state index contributed by atoms with van der Waals surface area (Å²) in [7, 11) is 0. The molecular weight excluding hydrogens is 336 g/mol. The van der Waals surface area contributed by atoms with Crippen LogP contribution in [0.15, 0.2) is 90.0 Å². The first-order valence-corrected chi connectivity index (χ1v) is 8.87. The molecular formula is C23H22N2O2. The minimum atomic E-state index is -0.234. The van der Waals surface area contributed by atoms with E-state index >= 15 is 0 Å². The fraction of sp³-hybridized carbons (Fsp3) is 0.130.